The Morgan fingerprint density at radius 3 is 2.60 bits per heavy atom. The number of halogens is 3. The summed E-state index contributed by atoms with van der Waals surface area (Å²) in [5.41, 5.74) is 5.96. The number of hydrogen-bond donors (Lipinski definition) is 2. The Hall–Kier alpha value is -0.510. The first kappa shape index (κ1) is 12.6. The fourth-order valence-electron chi connectivity index (χ4n) is 1.56. The smallest absolute Gasteiger partial charge is 0.141 e. The Kier molecular flexibility index (Phi) is 3.82. The van der Waals surface area contributed by atoms with Crippen LogP contribution in [0.1, 0.15) is 24.4 Å². The van der Waals surface area contributed by atoms with E-state index in [0.29, 0.717) is 0 Å². The van der Waals surface area contributed by atoms with E-state index in [0.717, 1.165) is 12.8 Å². The second kappa shape index (κ2) is 4.56. The molecule has 0 bridgehead atoms. The largest absolute Gasteiger partial charge is 0.506 e. The molecule has 1 aromatic carbocycles. The topological polar surface area (TPSA) is 46.2 Å². The molecule has 15 heavy (non-hydrogen) atoms. The van der Waals surface area contributed by atoms with Crippen molar-refractivity contribution in [3.63, 3.8) is 0 Å². The van der Waals surface area contributed by atoms with Gasteiger partial charge in [-0.15, -0.1) is 12.4 Å². The first-order valence-corrected chi connectivity index (χ1v) is 4.91. The van der Waals surface area contributed by atoms with Crippen molar-refractivity contribution < 1.29 is 9.50 Å². The van der Waals surface area contributed by atoms with Crippen LogP contribution in [0.2, 0.25) is 5.02 Å². The highest BCUT2D eigenvalue weighted by atomic mass is 35.5. The van der Waals surface area contributed by atoms with Crippen LogP contribution in [0.15, 0.2) is 12.1 Å². The van der Waals surface area contributed by atoms with Crippen LogP contribution >= 0.6 is 24.0 Å². The Morgan fingerprint density at radius 2 is 2.07 bits per heavy atom. The highest BCUT2D eigenvalue weighted by Gasteiger charge is 2.33. The molecule has 0 unspecified atom stereocenters. The average Bonchev–Trinajstić information content (AvgIpc) is 2.95. The highest BCUT2D eigenvalue weighted by molar-refractivity contribution is 6.32. The van der Waals surface area contributed by atoms with Crippen molar-refractivity contribution in [3.05, 3.63) is 28.5 Å². The van der Waals surface area contributed by atoms with Gasteiger partial charge in [0.15, 0.2) is 0 Å². The van der Waals surface area contributed by atoms with E-state index < -0.39 is 11.9 Å². The molecule has 1 saturated carbocycles. The van der Waals surface area contributed by atoms with Gasteiger partial charge in [-0.3, -0.25) is 0 Å². The van der Waals surface area contributed by atoms with Gasteiger partial charge in [-0.2, -0.15) is 0 Å². The summed E-state index contributed by atoms with van der Waals surface area (Å²) < 4.78 is 13.4. The zero-order chi connectivity index (χ0) is 10.3. The maximum atomic E-state index is 13.4. The van der Waals surface area contributed by atoms with Crippen LogP contribution < -0.4 is 5.73 Å². The highest BCUT2D eigenvalue weighted by Crippen LogP contribution is 2.44. The van der Waals surface area contributed by atoms with E-state index >= 15 is 0 Å². The van der Waals surface area contributed by atoms with Gasteiger partial charge in [-0.05, 0) is 30.9 Å². The van der Waals surface area contributed by atoms with Crippen molar-refractivity contribution in [2.45, 2.75) is 18.9 Å². The van der Waals surface area contributed by atoms with Crippen molar-refractivity contribution in [1.82, 2.24) is 0 Å². The summed E-state index contributed by atoms with van der Waals surface area (Å²) in [7, 11) is 0. The number of rotatable bonds is 2. The molecule has 0 aliphatic heterocycles. The Bertz CT molecular complexity index is 369. The van der Waals surface area contributed by atoms with Gasteiger partial charge in [0, 0.05) is 11.6 Å². The molecule has 0 aromatic heterocycles. The van der Waals surface area contributed by atoms with Crippen molar-refractivity contribution in [3.8, 4) is 5.75 Å². The summed E-state index contributed by atoms with van der Waals surface area (Å²) in [6.45, 7) is 0. The number of nitrogens with two attached hydrogens (primary N) is 1. The summed E-state index contributed by atoms with van der Waals surface area (Å²) in [5, 5.41) is 9.72. The quantitative estimate of drug-likeness (QED) is 0.849. The first-order valence-electron chi connectivity index (χ1n) is 4.53. The van der Waals surface area contributed by atoms with Crippen LogP contribution in [-0.4, -0.2) is 5.11 Å². The molecule has 0 spiro atoms. The number of aromatic hydroxyl groups is 1. The van der Waals surface area contributed by atoms with E-state index in [-0.39, 0.29) is 34.7 Å². The van der Waals surface area contributed by atoms with Crippen LogP contribution in [0.3, 0.4) is 0 Å². The molecular formula is C10H12Cl2FNO. The lowest BCUT2D eigenvalue weighted by molar-refractivity contribution is 0.442. The number of phenolic OH excluding ortho intramolecular Hbond substituents is 1. The van der Waals surface area contributed by atoms with Crippen LogP contribution in [0.5, 0.6) is 5.75 Å². The molecular weight excluding hydrogens is 240 g/mol. The molecule has 2 rings (SSSR count). The number of hydrogen-bond acceptors (Lipinski definition) is 2. The van der Waals surface area contributed by atoms with E-state index in [4.69, 9.17) is 17.3 Å². The normalized spacial score (nSPS) is 17.0. The van der Waals surface area contributed by atoms with Crippen molar-refractivity contribution in [2.75, 3.05) is 0 Å². The van der Waals surface area contributed by atoms with Gasteiger partial charge < -0.3 is 10.8 Å². The van der Waals surface area contributed by atoms with Crippen molar-refractivity contribution in [1.29, 1.82) is 0 Å². The van der Waals surface area contributed by atoms with Gasteiger partial charge in [0.05, 0.1) is 5.02 Å². The summed E-state index contributed by atoms with van der Waals surface area (Å²) in [6, 6.07) is 2.13. The van der Waals surface area contributed by atoms with Gasteiger partial charge in [-0.1, -0.05) is 11.6 Å². The molecule has 2 nitrogen and oxygen atoms in total. The van der Waals surface area contributed by atoms with Crippen LogP contribution in [0.25, 0.3) is 0 Å². The van der Waals surface area contributed by atoms with Gasteiger partial charge in [0.1, 0.15) is 11.6 Å². The molecule has 0 radical (unpaired) electrons. The molecule has 0 heterocycles. The minimum absolute atomic E-state index is 0. The summed E-state index contributed by atoms with van der Waals surface area (Å²) in [6.07, 6.45) is 1.99. The van der Waals surface area contributed by atoms with E-state index in [2.05, 4.69) is 0 Å². The van der Waals surface area contributed by atoms with Crippen molar-refractivity contribution >= 4 is 24.0 Å². The minimum Gasteiger partial charge on any atom is -0.506 e. The second-order valence-electron chi connectivity index (χ2n) is 3.65. The van der Waals surface area contributed by atoms with Crippen LogP contribution in [0, 0.1) is 11.7 Å². The van der Waals surface area contributed by atoms with E-state index in [1.165, 1.54) is 12.1 Å². The van der Waals surface area contributed by atoms with Gasteiger partial charge in [-0.25, -0.2) is 4.39 Å². The Labute approximate surface area is 98.6 Å². The SMILES string of the molecule is Cl.N[C@@H](c1c(F)ccc(Cl)c1O)C1CC1. The standard InChI is InChI=1S/C10H11ClFNO.ClH/c11-6-3-4-7(12)8(10(6)14)9(13)5-1-2-5;/h3-5,9,14H,1-2,13H2;1H/t9-;/m1./s1. The van der Waals surface area contributed by atoms with Crippen LogP contribution in [0.4, 0.5) is 4.39 Å². The van der Waals surface area contributed by atoms with E-state index in [1.807, 2.05) is 0 Å². The predicted molar refractivity (Wildman–Crippen MR) is 60.0 cm³/mol. The molecule has 3 N–H and O–H groups in total. The third-order valence-corrected chi connectivity index (χ3v) is 2.88. The molecule has 0 amide bonds. The van der Waals surface area contributed by atoms with E-state index in [9.17, 15) is 9.50 Å². The summed E-state index contributed by atoms with van der Waals surface area (Å²) >= 11 is 5.68. The van der Waals surface area contributed by atoms with Gasteiger partial charge in [0.2, 0.25) is 0 Å². The molecule has 1 aliphatic carbocycles. The fraction of sp³-hybridized carbons (Fsp3) is 0.400. The summed E-state index contributed by atoms with van der Waals surface area (Å²) in [5.74, 6) is -0.411. The Balaban J connectivity index is 0.00000112. The maximum absolute atomic E-state index is 13.4. The van der Waals surface area contributed by atoms with Gasteiger partial charge in [0.25, 0.3) is 0 Å². The molecule has 1 aliphatic rings. The Morgan fingerprint density at radius 1 is 1.47 bits per heavy atom. The fourth-order valence-corrected chi connectivity index (χ4v) is 1.73. The lowest BCUT2D eigenvalue weighted by atomic mass is 10.0. The lowest BCUT2D eigenvalue weighted by Gasteiger charge is -2.14. The third kappa shape index (κ3) is 2.36. The molecule has 84 valence electrons. The van der Waals surface area contributed by atoms with Crippen molar-refractivity contribution in [2.24, 2.45) is 11.7 Å². The minimum atomic E-state index is -0.480. The maximum Gasteiger partial charge on any atom is 0.141 e. The third-order valence-electron chi connectivity index (χ3n) is 2.58. The predicted octanol–water partition coefficient (Wildman–Crippen LogP) is 3.02. The molecule has 5 heteroatoms. The monoisotopic (exact) mass is 251 g/mol. The average molecular weight is 252 g/mol. The van der Waals surface area contributed by atoms with Crippen LogP contribution in [-0.2, 0) is 0 Å². The molecule has 1 fully saturated rings. The van der Waals surface area contributed by atoms with Gasteiger partial charge >= 0.3 is 0 Å². The van der Waals surface area contributed by atoms with E-state index in [1.54, 1.807) is 0 Å². The molecule has 1 atom stereocenters. The molecule has 1 aromatic rings. The second-order valence-corrected chi connectivity index (χ2v) is 4.06. The first-order chi connectivity index (χ1) is 6.61. The molecule has 0 saturated heterocycles. The number of phenols is 1. The number of benzene rings is 1. The zero-order valence-corrected chi connectivity index (χ0v) is 9.48. The zero-order valence-electron chi connectivity index (χ0n) is 7.91. The summed E-state index contributed by atoms with van der Waals surface area (Å²) in [4.78, 5) is 0. The lowest BCUT2D eigenvalue weighted by Crippen LogP contribution is -2.14.